The molecule has 6 fully saturated rings. The molecule has 0 radical (unpaired) electrons. The lowest BCUT2D eigenvalue weighted by Crippen LogP contribution is -2.58. The molecule has 2 aliphatic heterocycles. The highest BCUT2D eigenvalue weighted by Gasteiger charge is 2.70. The molecule has 0 bridgehead atoms. The molecular formula is C27H42O4. The first-order valence-electron chi connectivity index (χ1n) is 13.2. The Balaban J connectivity index is 1.30. The van der Waals surface area contributed by atoms with Crippen molar-refractivity contribution in [2.45, 2.75) is 103 Å². The fourth-order valence-corrected chi connectivity index (χ4v) is 10.1. The zero-order valence-corrected chi connectivity index (χ0v) is 19.9. The van der Waals surface area contributed by atoms with Gasteiger partial charge in [-0.05, 0) is 85.4 Å². The van der Waals surface area contributed by atoms with Gasteiger partial charge in [0.25, 0.3) is 0 Å². The second-order valence-corrected chi connectivity index (χ2v) is 13.1. The minimum atomic E-state index is -0.404. The largest absolute Gasteiger partial charge is 0.393 e. The number of carbonyl (C=O) groups excluding carboxylic acids is 1. The van der Waals surface area contributed by atoms with Crippen LogP contribution in [-0.4, -0.2) is 35.5 Å². The molecule has 0 amide bonds. The molecule has 9 unspecified atom stereocenters. The summed E-state index contributed by atoms with van der Waals surface area (Å²) in [6.45, 7) is 10.2. The molecule has 4 aliphatic carbocycles. The van der Waals surface area contributed by atoms with Gasteiger partial charge in [0.05, 0.1) is 18.8 Å². The molecule has 31 heavy (non-hydrogen) atoms. The number of hydrogen-bond acceptors (Lipinski definition) is 4. The fraction of sp³-hybridized carbons (Fsp3) is 0.963. The molecule has 0 aromatic carbocycles. The van der Waals surface area contributed by atoms with Gasteiger partial charge in [0.15, 0.2) is 5.79 Å². The van der Waals surface area contributed by atoms with Crippen LogP contribution in [0.1, 0.15) is 85.5 Å². The predicted octanol–water partition coefficient (Wildman–Crippen LogP) is 4.97. The van der Waals surface area contributed by atoms with E-state index in [1.165, 1.54) is 12.8 Å². The normalized spacial score (nSPS) is 60.9. The van der Waals surface area contributed by atoms with E-state index < -0.39 is 5.79 Å². The third-order valence-corrected chi connectivity index (χ3v) is 11.6. The standard InChI is InChI=1S/C27H42O4/c1-15-7-10-27(30-14-15)16(2)23-22(31-27)12-20-19-6-5-17-11-18(28)8-9-25(17,3)24(19)21(29)13-26(20,23)4/h15-20,22-24,28H,5-14H2,1-4H3/t15?,16?,17-,18?,19?,20?,22?,23?,24?,25+,26+,27?/m1/s1. The minimum Gasteiger partial charge on any atom is -0.393 e. The second kappa shape index (κ2) is 6.79. The Bertz CT molecular complexity index is 756. The molecule has 174 valence electrons. The van der Waals surface area contributed by atoms with E-state index in [1.54, 1.807) is 0 Å². The van der Waals surface area contributed by atoms with Gasteiger partial charge in [-0.15, -0.1) is 0 Å². The Morgan fingerprint density at radius 3 is 2.55 bits per heavy atom. The highest BCUT2D eigenvalue weighted by atomic mass is 16.7. The molecule has 6 rings (SSSR count). The summed E-state index contributed by atoms with van der Waals surface area (Å²) >= 11 is 0. The van der Waals surface area contributed by atoms with Crippen LogP contribution in [0.15, 0.2) is 0 Å². The Kier molecular flexibility index (Phi) is 4.62. The summed E-state index contributed by atoms with van der Waals surface area (Å²) in [4.78, 5) is 13.9. The number of aliphatic hydroxyl groups excluding tert-OH is 1. The van der Waals surface area contributed by atoms with Crippen molar-refractivity contribution in [3.05, 3.63) is 0 Å². The minimum absolute atomic E-state index is 0.0512. The van der Waals surface area contributed by atoms with E-state index in [4.69, 9.17) is 9.47 Å². The number of Topliss-reactive ketones (excluding diaryl/α,β-unsaturated/α-hetero) is 1. The van der Waals surface area contributed by atoms with E-state index in [9.17, 15) is 9.90 Å². The highest BCUT2D eigenvalue weighted by molar-refractivity contribution is 5.84. The van der Waals surface area contributed by atoms with Crippen LogP contribution in [-0.2, 0) is 14.3 Å². The Morgan fingerprint density at radius 1 is 1.00 bits per heavy atom. The molecule has 2 saturated heterocycles. The third-order valence-electron chi connectivity index (χ3n) is 11.6. The molecule has 6 aliphatic rings. The summed E-state index contributed by atoms with van der Waals surface area (Å²) < 4.78 is 13.2. The zero-order chi connectivity index (χ0) is 21.8. The first-order valence-corrected chi connectivity index (χ1v) is 13.2. The second-order valence-electron chi connectivity index (χ2n) is 13.1. The van der Waals surface area contributed by atoms with Crippen molar-refractivity contribution in [1.29, 1.82) is 0 Å². The Hall–Kier alpha value is -0.450. The molecule has 12 atom stereocenters. The summed E-state index contributed by atoms with van der Waals surface area (Å²) in [6.07, 6.45) is 9.26. The van der Waals surface area contributed by atoms with Crippen molar-refractivity contribution in [2.75, 3.05) is 6.61 Å². The van der Waals surface area contributed by atoms with Crippen molar-refractivity contribution >= 4 is 5.78 Å². The van der Waals surface area contributed by atoms with Gasteiger partial charge in [0, 0.05) is 24.7 Å². The van der Waals surface area contributed by atoms with Crippen molar-refractivity contribution < 1.29 is 19.4 Å². The quantitative estimate of drug-likeness (QED) is 0.589. The van der Waals surface area contributed by atoms with Crippen LogP contribution in [0, 0.1) is 52.3 Å². The van der Waals surface area contributed by atoms with Crippen LogP contribution < -0.4 is 0 Å². The molecular weight excluding hydrogens is 388 g/mol. The predicted molar refractivity (Wildman–Crippen MR) is 118 cm³/mol. The lowest BCUT2D eigenvalue weighted by atomic mass is 9.44. The lowest BCUT2D eigenvalue weighted by molar-refractivity contribution is -0.272. The van der Waals surface area contributed by atoms with Gasteiger partial charge in [-0.3, -0.25) is 4.79 Å². The number of ketones is 1. The van der Waals surface area contributed by atoms with Crippen LogP contribution in [0.4, 0.5) is 0 Å². The van der Waals surface area contributed by atoms with E-state index in [2.05, 4.69) is 27.7 Å². The summed E-state index contributed by atoms with van der Waals surface area (Å²) in [7, 11) is 0. The smallest absolute Gasteiger partial charge is 0.171 e. The summed E-state index contributed by atoms with van der Waals surface area (Å²) in [5.41, 5.74) is 0.143. The van der Waals surface area contributed by atoms with E-state index in [0.717, 1.165) is 51.6 Å². The van der Waals surface area contributed by atoms with Crippen molar-refractivity contribution in [3.8, 4) is 0 Å². The number of ether oxygens (including phenoxy) is 2. The van der Waals surface area contributed by atoms with Crippen LogP contribution in [0.2, 0.25) is 0 Å². The number of aliphatic hydroxyl groups is 1. The maximum Gasteiger partial charge on any atom is 0.171 e. The topological polar surface area (TPSA) is 55.8 Å². The number of rotatable bonds is 0. The summed E-state index contributed by atoms with van der Waals surface area (Å²) in [6, 6.07) is 0. The van der Waals surface area contributed by atoms with E-state index >= 15 is 0 Å². The number of hydrogen-bond donors (Lipinski definition) is 1. The SMILES string of the molecule is CC1CCC2(OC1)OC1CC3C4CC[C@@H]5CC(O)CC[C@]5(C)C4C(=O)C[C@]3(C)C1C2C. The first kappa shape index (κ1) is 21.1. The van der Waals surface area contributed by atoms with Gasteiger partial charge < -0.3 is 14.6 Å². The highest BCUT2D eigenvalue weighted by Crippen LogP contribution is 2.70. The molecule has 0 aromatic heterocycles. The average Bonchev–Trinajstić information content (AvgIpc) is 3.15. The summed E-state index contributed by atoms with van der Waals surface area (Å²) in [5, 5.41) is 10.3. The van der Waals surface area contributed by atoms with E-state index in [0.29, 0.717) is 41.3 Å². The monoisotopic (exact) mass is 430 g/mol. The van der Waals surface area contributed by atoms with Crippen LogP contribution in [0.3, 0.4) is 0 Å². The van der Waals surface area contributed by atoms with Gasteiger partial charge in [0.2, 0.25) is 0 Å². The Morgan fingerprint density at radius 2 is 1.81 bits per heavy atom. The first-order chi connectivity index (χ1) is 14.7. The van der Waals surface area contributed by atoms with Crippen LogP contribution in [0.5, 0.6) is 0 Å². The molecule has 4 saturated carbocycles. The molecule has 1 spiro atoms. The lowest BCUT2D eigenvalue weighted by Gasteiger charge is -2.60. The van der Waals surface area contributed by atoms with Gasteiger partial charge in [-0.1, -0.05) is 27.7 Å². The summed E-state index contributed by atoms with van der Waals surface area (Å²) in [5.74, 6) is 3.36. The number of fused-ring (bicyclic) bond motifs is 7. The van der Waals surface area contributed by atoms with Gasteiger partial charge in [-0.2, -0.15) is 0 Å². The average molecular weight is 431 g/mol. The maximum atomic E-state index is 13.9. The molecule has 2 heterocycles. The van der Waals surface area contributed by atoms with Crippen molar-refractivity contribution in [2.24, 2.45) is 52.3 Å². The molecule has 1 N–H and O–H groups in total. The molecule has 4 heteroatoms. The Labute approximate surface area is 187 Å². The van der Waals surface area contributed by atoms with Crippen molar-refractivity contribution in [1.82, 2.24) is 0 Å². The maximum absolute atomic E-state index is 13.9. The van der Waals surface area contributed by atoms with Crippen LogP contribution in [0.25, 0.3) is 0 Å². The fourth-order valence-electron chi connectivity index (χ4n) is 10.1. The zero-order valence-electron chi connectivity index (χ0n) is 19.9. The van der Waals surface area contributed by atoms with Gasteiger partial charge in [-0.25, -0.2) is 0 Å². The van der Waals surface area contributed by atoms with Crippen molar-refractivity contribution in [3.63, 3.8) is 0 Å². The van der Waals surface area contributed by atoms with Gasteiger partial charge >= 0.3 is 0 Å². The third kappa shape index (κ3) is 2.74. The van der Waals surface area contributed by atoms with Crippen LogP contribution >= 0.6 is 0 Å². The molecule has 4 nitrogen and oxygen atoms in total. The molecule has 0 aromatic rings. The van der Waals surface area contributed by atoms with E-state index in [-0.39, 0.29) is 29.0 Å². The van der Waals surface area contributed by atoms with Gasteiger partial charge in [0.1, 0.15) is 5.78 Å². The number of carbonyl (C=O) groups is 1. The van der Waals surface area contributed by atoms with E-state index in [1.807, 2.05) is 0 Å².